The van der Waals surface area contributed by atoms with Crippen LogP contribution in [0.15, 0.2) is 60.7 Å². The van der Waals surface area contributed by atoms with Crippen molar-refractivity contribution < 1.29 is 30.7 Å². The monoisotopic (exact) mass is 612 g/mol. The number of hydrogen-bond acceptors (Lipinski definition) is 6. The molecule has 1 aromatic heterocycles. The largest absolute Gasteiger partial charge is 0.422 e. The van der Waals surface area contributed by atoms with Crippen molar-refractivity contribution in [2.24, 2.45) is 0 Å². The standard InChI is InChI=1S/C28H24ClF7N6/c29-25-39-26(41-27(40-25)42(17-11-5-3-6-12-17)18-13-7-4-8-14-18)38-16-10-2-1-9-15-37-24-22(32)20(30)19(28(34,35)36)21(31)23(24)33/h3-8,11-14,37H,1-2,9-10,15-16H2,(H,38,39,40,41). The van der Waals surface area contributed by atoms with Gasteiger partial charge >= 0.3 is 6.18 Å². The van der Waals surface area contributed by atoms with E-state index in [1.54, 1.807) is 0 Å². The second kappa shape index (κ2) is 13.7. The first-order valence-corrected chi connectivity index (χ1v) is 13.2. The fourth-order valence-electron chi connectivity index (χ4n) is 4.11. The smallest absolute Gasteiger partial charge is 0.380 e. The minimum Gasteiger partial charge on any atom is -0.380 e. The molecule has 14 heteroatoms. The first kappa shape index (κ1) is 30.8. The first-order valence-electron chi connectivity index (χ1n) is 12.8. The van der Waals surface area contributed by atoms with E-state index in [1.165, 1.54) is 0 Å². The van der Waals surface area contributed by atoms with Gasteiger partial charge in [-0.2, -0.15) is 28.1 Å². The molecule has 0 aliphatic heterocycles. The van der Waals surface area contributed by atoms with Crippen LogP contribution in [0.3, 0.4) is 0 Å². The molecule has 0 fully saturated rings. The van der Waals surface area contributed by atoms with Gasteiger partial charge < -0.3 is 10.6 Å². The average molecular weight is 613 g/mol. The van der Waals surface area contributed by atoms with Crippen molar-refractivity contribution in [2.45, 2.75) is 31.9 Å². The van der Waals surface area contributed by atoms with Crippen LogP contribution >= 0.6 is 11.6 Å². The zero-order valence-electron chi connectivity index (χ0n) is 21.8. The molecule has 4 aromatic rings. The highest BCUT2D eigenvalue weighted by Gasteiger charge is 2.42. The first-order chi connectivity index (χ1) is 20.1. The van der Waals surface area contributed by atoms with Crippen molar-refractivity contribution in [3.63, 3.8) is 0 Å². The van der Waals surface area contributed by atoms with Crippen molar-refractivity contribution >= 4 is 40.6 Å². The van der Waals surface area contributed by atoms with Gasteiger partial charge in [0.05, 0.1) is 0 Å². The molecule has 0 saturated carbocycles. The summed E-state index contributed by atoms with van der Waals surface area (Å²) in [6.07, 6.45) is -3.44. The molecule has 2 N–H and O–H groups in total. The Labute approximate surface area is 241 Å². The minimum atomic E-state index is -5.58. The fourth-order valence-corrected chi connectivity index (χ4v) is 4.26. The number of para-hydroxylation sites is 2. The maximum atomic E-state index is 14.0. The van der Waals surface area contributed by atoms with Crippen molar-refractivity contribution in [3.05, 3.63) is 94.8 Å². The van der Waals surface area contributed by atoms with E-state index in [0.29, 0.717) is 38.2 Å². The zero-order valence-corrected chi connectivity index (χ0v) is 22.6. The molecule has 1 heterocycles. The molecule has 4 rings (SSSR count). The molecule has 0 spiro atoms. The fraction of sp³-hybridized carbons (Fsp3) is 0.250. The maximum absolute atomic E-state index is 14.0. The number of aromatic nitrogens is 3. The summed E-state index contributed by atoms with van der Waals surface area (Å²) in [5.74, 6) is -8.69. The van der Waals surface area contributed by atoms with Gasteiger partial charge in [0.2, 0.25) is 17.2 Å². The van der Waals surface area contributed by atoms with Crippen LogP contribution in [-0.2, 0) is 6.18 Å². The topological polar surface area (TPSA) is 66.0 Å². The predicted octanol–water partition coefficient (Wildman–Crippen LogP) is 8.65. The number of hydrogen-bond donors (Lipinski definition) is 2. The van der Waals surface area contributed by atoms with E-state index in [2.05, 4.69) is 25.6 Å². The van der Waals surface area contributed by atoms with Crippen LogP contribution < -0.4 is 15.5 Å². The molecule has 42 heavy (non-hydrogen) atoms. The second-order valence-corrected chi connectivity index (χ2v) is 9.34. The Hall–Kier alpha value is -4.13. The quantitative estimate of drug-likeness (QED) is 0.0948. The number of unbranched alkanes of at least 4 members (excludes halogenated alkanes) is 3. The van der Waals surface area contributed by atoms with Crippen LogP contribution in [0.1, 0.15) is 31.2 Å². The lowest BCUT2D eigenvalue weighted by atomic mass is 10.1. The number of nitrogens with zero attached hydrogens (tertiary/aromatic N) is 4. The summed E-state index contributed by atoms with van der Waals surface area (Å²) in [6.45, 7) is 0.329. The molecule has 0 aliphatic carbocycles. The zero-order chi connectivity index (χ0) is 30.3. The Morgan fingerprint density at radius 3 is 1.64 bits per heavy atom. The van der Waals surface area contributed by atoms with Gasteiger partial charge in [-0.05, 0) is 48.7 Å². The Morgan fingerprint density at radius 2 is 1.14 bits per heavy atom. The summed E-state index contributed by atoms with van der Waals surface area (Å²) in [5.41, 5.74) is -2.25. The SMILES string of the molecule is Fc1c(F)c(C(F)(F)F)c(F)c(F)c1NCCCCCCNc1nc(Cl)nc(N(c2ccccc2)c2ccccc2)n1. The van der Waals surface area contributed by atoms with Gasteiger partial charge in [-0.1, -0.05) is 49.2 Å². The summed E-state index contributed by atoms with van der Waals surface area (Å²) in [5, 5.41) is 5.22. The van der Waals surface area contributed by atoms with Gasteiger partial charge in [0.15, 0.2) is 23.3 Å². The highest BCUT2D eigenvalue weighted by atomic mass is 35.5. The molecule has 0 unspecified atom stereocenters. The molecule has 0 amide bonds. The lowest BCUT2D eigenvalue weighted by Gasteiger charge is -2.23. The van der Waals surface area contributed by atoms with E-state index in [4.69, 9.17) is 11.6 Å². The van der Waals surface area contributed by atoms with Crippen molar-refractivity contribution in [2.75, 3.05) is 28.6 Å². The maximum Gasteiger partial charge on any atom is 0.422 e. The number of anilines is 5. The van der Waals surface area contributed by atoms with Crippen LogP contribution in [0.2, 0.25) is 5.28 Å². The summed E-state index contributed by atoms with van der Waals surface area (Å²) in [6, 6.07) is 18.9. The van der Waals surface area contributed by atoms with Crippen molar-refractivity contribution in [1.29, 1.82) is 0 Å². The predicted molar refractivity (Wildman–Crippen MR) is 146 cm³/mol. The number of halogens is 8. The molecule has 6 nitrogen and oxygen atoms in total. The highest BCUT2D eigenvalue weighted by Crippen LogP contribution is 2.38. The molecular weight excluding hydrogens is 589 g/mol. The summed E-state index contributed by atoms with van der Waals surface area (Å²) in [7, 11) is 0. The third-order valence-corrected chi connectivity index (χ3v) is 6.23. The third-order valence-electron chi connectivity index (χ3n) is 6.06. The lowest BCUT2D eigenvalue weighted by Crippen LogP contribution is -2.17. The Balaban J connectivity index is 1.29. The number of benzene rings is 3. The van der Waals surface area contributed by atoms with E-state index < -0.39 is 40.7 Å². The van der Waals surface area contributed by atoms with Crippen LogP contribution in [0.4, 0.5) is 59.7 Å². The van der Waals surface area contributed by atoms with Crippen LogP contribution in [0.5, 0.6) is 0 Å². The van der Waals surface area contributed by atoms with Gasteiger partial charge in [-0.15, -0.1) is 0 Å². The van der Waals surface area contributed by atoms with E-state index in [-0.39, 0.29) is 17.8 Å². The van der Waals surface area contributed by atoms with Gasteiger partial charge in [0.1, 0.15) is 11.3 Å². The van der Waals surface area contributed by atoms with E-state index in [0.717, 1.165) is 11.4 Å². The minimum absolute atomic E-state index is 0.0129. The second-order valence-electron chi connectivity index (χ2n) is 9.01. The molecule has 0 bridgehead atoms. The Bertz CT molecular complexity index is 1420. The van der Waals surface area contributed by atoms with Gasteiger partial charge in [-0.3, -0.25) is 4.90 Å². The van der Waals surface area contributed by atoms with Crippen molar-refractivity contribution in [1.82, 2.24) is 15.0 Å². The summed E-state index contributed by atoms with van der Waals surface area (Å²) in [4.78, 5) is 14.8. The van der Waals surface area contributed by atoms with E-state index in [1.807, 2.05) is 65.6 Å². The average Bonchev–Trinajstić information content (AvgIpc) is 2.95. The van der Waals surface area contributed by atoms with Crippen molar-refractivity contribution in [3.8, 4) is 0 Å². The van der Waals surface area contributed by atoms with Crippen LogP contribution in [0, 0.1) is 23.3 Å². The Morgan fingerprint density at radius 1 is 0.643 bits per heavy atom. The summed E-state index contributed by atoms with van der Waals surface area (Å²) < 4.78 is 93.6. The van der Waals surface area contributed by atoms with Crippen LogP contribution in [0.25, 0.3) is 0 Å². The van der Waals surface area contributed by atoms with Gasteiger partial charge in [0, 0.05) is 24.5 Å². The number of nitrogens with one attached hydrogen (secondary N) is 2. The summed E-state index contributed by atoms with van der Waals surface area (Å²) >= 11 is 6.20. The third kappa shape index (κ3) is 7.38. The molecule has 0 aliphatic rings. The van der Waals surface area contributed by atoms with Gasteiger partial charge in [0.25, 0.3) is 0 Å². The number of rotatable bonds is 12. The lowest BCUT2D eigenvalue weighted by molar-refractivity contribution is -0.143. The van der Waals surface area contributed by atoms with Gasteiger partial charge in [-0.25, -0.2) is 17.6 Å². The highest BCUT2D eigenvalue weighted by molar-refractivity contribution is 6.28. The molecular formula is C28H24ClF7N6. The molecule has 222 valence electrons. The molecule has 0 radical (unpaired) electrons. The molecule has 0 atom stereocenters. The van der Waals surface area contributed by atoms with Crippen LogP contribution in [-0.4, -0.2) is 28.0 Å². The normalized spacial score (nSPS) is 11.4. The number of alkyl halides is 3. The molecule has 3 aromatic carbocycles. The Kier molecular flexibility index (Phi) is 10.0. The van der Waals surface area contributed by atoms with E-state index >= 15 is 0 Å². The molecule has 0 saturated heterocycles. The van der Waals surface area contributed by atoms with E-state index in [9.17, 15) is 30.7 Å².